The molecule has 5 nitrogen and oxygen atoms in total. The zero-order valence-corrected chi connectivity index (χ0v) is 14.3. The third kappa shape index (κ3) is 3.25. The van der Waals surface area contributed by atoms with Gasteiger partial charge in [0.05, 0.1) is 5.39 Å². The van der Waals surface area contributed by atoms with Gasteiger partial charge in [0.1, 0.15) is 17.3 Å². The zero-order chi connectivity index (χ0) is 17.2. The first kappa shape index (κ1) is 15.8. The van der Waals surface area contributed by atoms with Crippen LogP contribution in [0.2, 0.25) is 0 Å². The minimum atomic E-state index is -0.472. The number of ether oxygens (including phenoxy) is 1. The number of nitrogens with one attached hydrogen (secondary N) is 1. The highest BCUT2D eigenvalue weighted by Gasteiger charge is 2.21. The largest absolute Gasteiger partial charge is 0.454 e. The number of aromatic amines is 1. The number of carbonyl (C=O) groups is 1. The standard InChI is InChI=1S/C19H16N2O3S/c22-16(10-9-12-5-2-1-3-6-12)24-11-15-20-18(23)17-13-7-4-8-14(13)25-19(17)21-15/h1-3,5-6,9-10H,4,7-8,11H2,(H,20,21,23)/b10-9+. The number of hydrogen-bond acceptors (Lipinski definition) is 5. The van der Waals surface area contributed by atoms with Gasteiger partial charge in [0.25, 0.3) is 5.56 Å². The van der Waals surface area contributed by atoms with E-state index in [1.54, 1.807) is 17.4 Å². The number of benzene rings is 1. The molecule has 0 amide bonds. The number of aromatic nitrogens is 2. The second-order valence-electron chi connectivity index (χ2n) is 5.90. The summed E-state index contributed by atoms with van der Waals surface area (Å²) in [6.45, 7) is -0.0499. The minimum Gasteiger partial charge on any atom is -0.454 e. The van der Waals surface area contributed by atoms with Crippen molar-refractivity contribution in [1.82, 2.24) is 9.97 Å². The van der Waals surface area contributed by atoms with E-state index < -0.39 is 5.97 Å². The number of carbonyl (C=O) groups excluding carboxylic acids is 1. The second-order valence-corrected chi connectivity index (χ2v) is 6.99. The van der Waals surface area contributed by atoms with Crippen LogP contribution < -0.4 is 5.56 Å². The third-order valence-electron chi connectivity index (χ3n) is 4.19. The van der Waals surface area contributed by atoms with E-state index in [-0.39, 0.29) is 12.2 Å². The Morgan fingerprint density at radius 2 is 2.12 bits per heavy atom. The Hall–Kier alpha value is -2.73. The fraction of sp³-hybridized carbons (Fsp3) is 0.211. The molecule has 0 saturated heterocycles. The highest BCUT2D eigenvalue weighted by atomic mass is 32.1. The summed E-state index contributed by atoms with van der Waals surface area (Å²) in [6.07, 6.45) is 6.12. The quantitative estimate of drug-likeness (QED) is 0.578. The Kier molecular flexibility index (Phi) is 4.19. The molecule has 126 valence electrons. The molecule has 0 unspecified atom stereocenters. The summed E-state index contributed by atoms with van der Waals surface area (Å²) in [5.41, 5.74) is 1.92. The molecule has 0 aliphatic heterocycles. The van der Waals surface area contributed by atoms with Gasteiger partial charge in [-0.05, 0) is 36.5 Å². The molecular weight excluding hydrogens is 336 g/mol. The van der Waals surface area contributed by atoms with E-state index in [0.29, 0.717) is 11.2 Å². The number of H-pyrrole nitrogens is 1. The Morgan fingerprint density at radius 3 is 2.96 bits per heavy atom. The van der Waals surface area contributed by atoms with Crippen molar-refractivity contribution in [2.75, 3.05) is 0 Å². The smallest absolute Gasteiger partial charge is 0.331 e. The number of thiophene rings is 1. The van der Waals surface area contributed by atoms with Crippen molar-refractivity contribution in [3.8, 4) is 0 Å². The van der Waals surface area contributed by atoms with Crippen molar-refractivity contribution in [2.24, 2.45) is 0 Å². The summed E-state index contributed by atoms with van der Waals surface area (Å²) in [7, 11) is 0. The predicted molar refractivity (Wildman–Crippen MR) is 97.5 cm³/mol. The molecule has 25 heavy (non-hydrogen) atoms. The maximum atomic E-state index is 12.3. The van der Waals surface area contributed by atoms with Crippen LogP contribution in [-0.2, 0) is 29.0 Å². The maximum Gasteiger partial charge on any atom is 0.331 e. The zero-order valence-electron chi connectivity index (χ0n) is 13.5. The molecule has 1 aromatic carbocycles. The van der Waals surface area contributed by atoms with Crippen LogP contribution in [0.4, 0.5) is 0 Å². The van der Waals surface area contributed by atoms with E-state index in [1.165, 1.54) is 11.0 Å². The van der Waals surface area contributed by atoms with Crippen LogP contribution in [0.5, 0.6) is 0 Å². The van der Waals surface area contributed by atoms with Gasteiger partial charge in [-0.25, -0.2) is 9.78 Å². The molecule has 0 saturated carbocycles. The van der Waals surface area contributed by atoms with Gasteiger partial charge in [0.15, 0.2) is 0 Å². The highest BCUT2D eigenvalue weighted by molar-refractivity contribution is 7.18. The summed E-state index contributed by atoms with van der Waals surface area (Å²) < 4.78 is 5.18. The summed E-state index contributed by atoms with van der Waals surface area (Å²) >= 11 is 1.57. The van der Waals surface area contributed by atoms with Crippen molar-refractivity contribution >= 4 is 33.6 Å². The van der Waals surface area contributed by atoms with Gasteiger partial charge in [-0.15, -0.1) is 11.3 Å². The van der Waals surface area contributed by atoms with Crippen LogP contribution in [0.25, 0.3) is 16.3 Å². The average Bonchev–Trinajstić information content (AvgIpc) is 3.19. The molecule has 1 aliphatic rings. The van der Waals surface area contributed by atoms with Gasteiger partial charge in [-0.3, -0.25) is 4.79 Å². The first-order valence-electron chi connectivity index (χ1n) is 8.14. The molecule has 6 heteroatoms. The number of fused-ring (bicyclic) bond motifs is 3. The number of hydrogen-bond donors (Lipinski definition) is 1. The molecule has 1 N–H and O–H groups in total. The van der Waals surface area contributed by atoms with Gasteiger partial charge in [0.2, 0.25) is 0 Å². The van der Waals surface area contributed by atoms with Gasteiger partial charge in [0, 0.05) is 11.0 Å². The van der Waals surface area contributed by atoms with Gasteiger partial charge in [-0.1, -0.05) is 30.3 Å². The summed E-state index contributed by atoms with van der Waals surface area (Å²) in [4.78, 5) is 33.3. The Morgan fingerprint density at radius 1 is 1.28 bits per heavy atom. The number of aryl methyl sites for hydroxylation is 2. The molecule has 0 atom stereocenters. The lowest BCUT2D eigenvalue weighted by Gasteiger charge is -2.02. The third-order valence-corrected chi connectivity index (χ3v) is 5.37. The van der Waals surface area contributed by atoms with Crippen molar-refractivity contribution in [3.05, 3.63) is 68.6 Å². The molecule has 2 aromatic heterocycles. The normalized spacial score (nSPS) is 13.4. The van der Waals surface area contributed by atoms with Crippen LogP contribution in [0.3, 0.4) is 0 Å². The van der Waals surface area contributed by atoms with E-state index in [9.17, 15) is 9.59 Å². The molecule has 1 aliphatic carbocycles. The lowest BCUT2D eigenvalue weighted by molar-refractivity contribution is -0.139. The van der Waals surface area contributed by atoms with E-state index in [4.69, 9.17) is 4.74 Å². The molecular formula is C19H16N2O3S. The lowest BCUT2D eigenvalue weighted by Crippen LogP contribution is -2.13. The van der Waals surface area contributed by atoms with Crippen LogP contribution >= 0.6 is 11.3 Å². The van der Waals surface area contributed by atoms with E-state index in [0.717, 1.165) is 35.2 Å². The molecule has 0 fully saturated rings. The fourth-order valence-electron chi connectivity index (χ4n) is 3.03. The monoisotopic (exact) mass is 352 g/mol. The Bertz CT molecular complexity index is 1020. The van der Waals surface area contributed by atoms with E-state index in [2.05, 4.69) is 9.97 Å². The fourth-order valence-corrected chi connectivity index (χ4v) is 4.31. The van der Waals surface area contributed by atoms with Crippen LogP contribution in [0.1, 0.15) is 28.2 Å². The molecule has 0 spiro atoms. The topological polar surface area (TPSA) is 72.0 Å². The summed E-state index contributed by atoms with van der Waals surface area (Å²) in [6, 6.07) is 9.49. The van der Waals surface area contributed by atoms with Crippen LogP contribution in [0, 0.1) is 0 Å². The van der Waals surface area contributed by atoms with Crippen molar-refractivity contribution < 1.29 is 9.53 Å². The molecule has 3 aromatic rings. The predicted octanol–water partition coefficient (Wildman–Crippen LogP) is 3.23. The number of rotatable bonds is 4. The Balaban J connectivity index is 1.47. The van der Waals surface area contributed by atoms with Crippen molar-refractivity contribution in [2.45, 2.75) is 25.9 Å². The van der Waals surface area contributed by atoms with E-state index >= 15 is 0 Å². The first-order chi connectivity index (χ1) is 12.2. The van der Waals surface area contributed by atoms with Crippen LogP contribution in [0.15, 0.2) is 41.2 Å². The maximum absolute atomic E-state index is 12.3. The lowest BCUT2D eigenvalue weighted by atomic mass is 10.2. The van der Waals surface area contributed by atoms with Crippen LogP contribution in [-0.4, -0.2) is 15.9 Å². The van der Waals surface area contributed by atoms with Crippen molar-refractivity contribution in [3.63, 3.8) is 0 Å². The summed E-state index contributed by atoms with van der Waals surface area (Å²) in [5.74, 6) is -0.0980. The second kappa shape index (κ2) is 6.64. The van der Waals surface area contributed by atoms with Gasteiger partial charge >= 0.3 is 5.97 Å². The highest BCUT2D eigenvalue weighted by Crippen LogP contribution is 2.34. The van der Waals surface area contributed by atoms with Gasteiger partial charge in [-0.2, -0.15) is 0 Å². The molecule has 0 bridgehead atoms. The summed E-state index contributed by atoms with van der Waals surface area (Å²) in [5, 5.41) is 0.705. The SMILES string of the molecule is O=C(/C=C/c1ccccc1)OCc1nc2sc3c(c2c(=O)[nH]1)CCC3. The van der Waals surface area contributed by atoms with E-state index in [1.807, 2.05) is 30.3 Å². The van der Waals surface area contributed by atoms with Gasteiger partial charge < -0.3 is 9.72 Å². The molecule has 4 rings (SSSR count). The Labute approximate surface area is 148 Å². The minimum absolute atomic E-state index is 0.0499. The van der Waals surface area contributed by atoms with Crippen molar-refractivity contribution in [1.29, 1.82) is 0 Å². The molecule has 0 radical (unpaired) electrons. The number of nitrogens with zero attached hydrogens (tertiary/aromatic N) is 1. The molecule has 2 heterocycles. The average molecular weight is 352 g/mol. The first-order valence-corrected chi connectivity index (χ1v) is 8.96. The number of esters is 1.